The van der Waals surface area contributed by atoms with Crippen LogP contribution in [-0.4, -0.2) is 12.1 Å². The van der Waals surface area contributed by atoms with Crippen LogP contribution in [0.25, 0.3) is 0 Å². The maximum absolute atomic E-state index is 12.0. The van der Waals surface area contributed by atoms with E-state index in [1.165, 1.54) is 12.1 Å². The first-order valence-electron chi connectivity index (χ1n) is 4.36. The molecule has 1 amide bonds. The maximum Gasteiger partial charge on any atom is 0.471 e. The molecule has 2 nitrogen and oxygen atoms in total. The van der Waals surface area contributed by atoms with Gasteiger partial charge in [0.25, 0.3) is 0 Å². The van der Waals surface area contributed by atoms with Gasteiger partial charge in [0.2, 0.25) is 0 Å². The van der Waals surface area contributed by atoms with Gasteiger partial charge in [-0.3, -0.25) is 4.79 Å². The minimum atomic E-state index is -4.87. The molecule has 6 heteroatoms. The number of nitrogens with one attached hydrogen (secondary N) is 1. The summed E-state index contributed by atoms with van der Waals surface area (Å²) >= 11 is 3.28. The van der Waals surface area contributed by atoms with Crippen molar-refractivity contribution in [2.45, 2.75) is 20.0 Å². The van der Waals surface area contributed by atoms with E-state index in [1.807, 2.05) is 0 Å². The predicted octanol–water partition coefficient (Wildman–Crippen LogP) is 3.57. The summed E-state index contributed by atoms with van der Waals surface area (Å²) < 4.78 is 36.8. The molecule has 0 spiro atoms. The third kappa shape index (κ3) is 2.98. The van der Waals surface area contributed by atoms with Gasteiger partial charge in [0, 0.05) is 10.2 Å². The molecule has 1 aromatic rings. The van der Waals surface area contributed by atoms with Crippen LogP contribution in [0.5, 0.6) is 0 Å². The number of benzene rings is 1. The van der Waals surface area contributed by atoms with Crippen molar-refractivity contribution in [3.05, 3.63) is 27.7 Å². The normalized spacial score (nSPS) is 11.4. The van der Waals surface area contributed by atoms with E-state index in [1.54, 1.807) is 19.2 Å². The summed E-state index contributed by atoms with van der Waals surface area (Å²) in [6.07, 6.45) is -4.87. The van der Waals surface area contributed by atoms with Crippen molar-refractivity contribution in [1.82, 2.24) is 0 Å². The van der Waals surface area contributed by atoms with E-state index >= 15 is 0 Å². The van der Waals surface area contributed by atoms with Crippen molar-refractivity contribution >= 4 is 27.5 Å². The zero-order valence-electron chi connectivity index (χ0n) is 8.57. The number of hydrogen-bond acceptors (Lipinski definition) is 1. The van der Waals surface area contributed by atoms with E-state index in [9.17, 15) is 18.0 Å². The Kier molecular flexibility index (Phi) is 3.62. The van der Waals surface area contributed by atoms with Crippen LogP contribution < -0.4 is 5.32 Å². The van der Waals surface area contributed by atoms with E-state index < -0.39 is 12.1 Å². The zero-order valence-corrected chi connectivity index (χ0v) is 10.2. The van der Waals surface area contributed by atoms with Gasteiger partial charge >= 0.3 is 12.1 Å². The molecule has 0 aliphatic rings. The summed E-state index contributed by atoms with van der Waals surface area (Å²) in [5.41, 5.74) is 1.66. The van der Waals surface area contributed by atoms with Crippen LogP contribution in [0, 0.1) is 13.8 Å². The lowest BCUT2D eigenvalue weighted by Gasteiger charge is -2.10. The van der Waals surface area contributed by atoms with Gasteiger partial charge < -0.3 is 5.32 Å². The Hall–Kier alpha value is -1.04. The second-order valence-corrected chi connectivity index (χ2v) is 4.17. The molecule has 0 heterocycles. The lowest BCUT2D eigenvalue weighted by Crippen LogP contribution is -2.29. The van der Waals surface area contributed by atoms with Gasteiger partial charge in [0.05, 0.1) is 0 Å². The fourth-order valence-corrected chi connectivity index (χ4v) is 1.45. The standard InChI is InChI=1S/C10H9BrF3NO/c1-5-3-7(4-6(2)8(5)11)15-9(16)10(12,13)14/h3-4H,1-2H3,(H,15,16). The summed E-state index contributed by atoms with van der Waals surface area (Å²) in [6, 6.07) is 2.95. The SMILES string of the molecule is Cc1cc(NC(=O)C(F)(F)F)cc(C)c1Br. The summed E-state index contributed by atoms with van der Waals surface area (Å²) in [6.45, 7) is 3.47. The zero-order chi connectivity index (χ0) is 12.5. The van der Waals surface area contributed by atoms with Gasteiger partial charge in [0.1, 0.15) is 0 Å². The highest BCUT2D eigenvalue weighted by Crippen LogP contribution is 2.26. The van der Waals surface area contributed by atoms with E-state index in [4.69, 9.17) is 0 Å². The highest BCUT2D eigenvalue weighted by atomic mass is 79.9. The molecule has 0 atom stereocenters. The van der Waals surface area contributed by atoms with Crippen LogP contribution in [0.15, 0.2) is 16.6 Å². The van der Waals surface area contributed by atoms with Gasteiger partial charge in [-0.1, -0.05) is 15.9 Å². The fraction of sp³-hybridized carbons (Fsp3) is 0.300. The van der Waals surface area contributed by atoms with Crippen LogP contribution in [0.1, 0.15) is 11.1 Å². The Labute approximate surface area is 99.0 Å². The third-order valence-electron chi connectivity index (χ3n) is 1.95. The first kappa shape index (κ1) is 13.0. The lowest BCUT2D eigenvalue weighted by atomic mass is 10.1. The van der Waals surface area contributed by atoms with Crippen LogP contribution in [0.2, 0.25) is 0 Å². The molecule has 0 saturated carbocycles. The number of halogens is 4. The quantitative estimate of drug-likeness (QED) is 0.843. The van der Waals surface area contributed by atoms with Crippen LogP contribution >= 0.6 is 15.9 Å². The Bertz CT molecular complexity index is 406. The molecule has 0 aliphatic heterocycles. The van der Waals surface area contributed by atoms with Crippen molar-refractivity contribution < 1.29 is 18.0 Å². The van der Waals surface area contributed by atoms with Gasteiger partial charge in [0.15, 0.2) is 0 Å². The minimum absolute atomic E-state index is 0.139. The average molecular weight is 296 g/mol. The van der Waals surface area contributed by atoms with Gasteiger partial charge in [-0.05, 0) is 37.1 Å². The van der Waals surface area contributed by atoms with Gasteiger partial charge in [-0.25, -0.2) is 0 Å². The summed E-state index contributed by atoms with van der Waals surface area (Å²) in [4.78, 5) is 10.7. The molecule has 0 fully saturated rings. The molecule has 88 valence electrons. The van der Waals surface area contributed by atoms with Crippen LogP contribution in [0.3, 0.4) is 0 Å². The van der Waals surface area contributed by atoms with E-state index in [0.717, 1.165) is 15.6 Å². The molecule has 16 heavy (non-hydrogen) atoms. The number of amides is 1. The molecule has 1 N–H and O–H groups in total. The molecule has 0 aromatic heterocycles. The molecular formula is C10H9BrF3NO. The molecule has 1 rings (SSSR count). The number of alkyl halides is 3. The van der Waals surface area contributed by atoms with Crippen molar-refractivity contribution in [1.29, 1.82) is 0 Å². The molecular weight excluding hydrogens is 287 g/mol. The van der Waals surface area contributed by atoms with Crippen molar-refractivity contribution in [2.24, 2.45) is 0 Å². The summed E-state index contributed by atoms with van der Waals surface area (Å²) in [5.74, 6) is -1.96. The van der Waals surface area contributed by atoms with Crippen molar-refractivity contribution in [3.63, 3.8) is 0 Å². The second-order valence-electron chi connectivity index (χ2n) is 3.38. The number of rotatable bonds is 1. The molecule has 0 unspecified atom stereocenters. The lowest BCUT2D eigenvalue weighted by molar-refractivity contribution is -0.167. The number of carbonyl (C=O) groups is 1. The molecule has 0 radical (unpaired) electrons. The smallest absolute Gasteiger partial charge is 0.318 e. The van der Waals surface area contributed by atoms with Crippen LogP contribution in [-0.2, 0) is 4.79 Å². The monoisotopic (exact) mass is 295 g/mol. The Morgan fingerprint density at radius 2 is 1.69 bits per heavy atom. The summed E-state index contributed by atoms with van der Waals surface area (Å²) in [7, 11) is 0. The second kappa shape index (κ2) is 4.45. The third-order valence-corrected chi connectivity index (χ3v) is 3.20. The Balaban J connectivity index is 2.96. The van der Waals surface area contributed by atoms with E-state index in [-0.39, 0.29) is 5.69 Å². The number of anilines is 1. The number of hydrogen-bond donors (Lipinski definition) is 1. The highest BCUT2D eigenvalue weighted by Gasteiger charge is 2.38. The largest absolute Gasteiger partial charge is 0.471 e. The molecule has 0 bridgehead atoms. The first-order valence-corrected chi connectivity index (χ1v) is 5.16. The van der Waals surface area contributed by atoms with Crippen LogP contribution in [0.4, 0.5) is 18.9 Å². The Morgan fingerprint density at radius 1 is 1.25 bits per heavy atom. The van der Waals surface area contributed by atoms with E-state index in [0.29, 0.717) is 0 Å². The van der Waals surface area contributed by atoms with Crippen molar-refractivity contribution in [2.75, 3.05) is 5.32 Å². The maximum atomic E-state index is 12.0. The summed E-state index contributed by atoms with van der Waals surface area (Å²) in [5, 5.41) is 1.81. The minimum Gasteiger partial charge on any atom is -0.318 e. The average Bonchev–Trinajstić information content (AvgIpc) is 2.12. The molecule has 0 saturated heterocycles. The van der Waals surface area contributed by atoms with Crippen molar-refractivity contribution in [3.8, 4) is 0 Å². The highest BCUT2D eigenvalue weighted by molar-refractivity contribution is 9.10. The number of aryl methyl sites for hydroxylation is 2. The molecule has 0 aliphatic carbocycles. The first-order chi connectivity index (χ1) is 7.21. The topological polar surface area (TPSA) is 29.1 Å². The Morgan fingerprint density at radius 3 is 2.06 bits per heavy atom. The van der Waals surface area contributed by atoms with Gasteiger partial charge in [-0.15, -0.1) is 0 Å². The molecule has 1 aromatic carbocycles. The van der Waals surface area contributed by atoms with Gasteiger partial charge in [-0.2, -0.15) is 13.2 Å². The predicted molar refractivity (Wildman–Crippen MR) is 58.3 cm³/mol. The van der Waals surface area contributed by atoms with E-state index in [2.05, 4.69) is 15.9 Å². The number of carbonyl (C=O) groups excluding carboxylic acids is 1. The fourth-order valence-electron chi connectivity index (χ4n) is 1.22.